The number of carbonyl (C=O) groups excluding carboxylic acids is 1. The third kappa shape index (κ3) is 5.66. The van der Waals surface area contributed by atoms with Crippen LogP contribution in [0.2, 0.25) is 0 Å². The van der Waals surface area contributed by atoms with E-state index in [-0.39, 0.29) is 5.97 Å². The van der Waals surface area contributed by atoms with Crippen molar-refractivity contribution >= 4 is 5.97 Å². The quantitative estimate of drug-likeness (QED) is 0.630. The standard InChI is InChI=1S/C24H32N2O2/c1-3-4-10-23(26-17-15-25(2)16-18-26)21-11-13-22(14-12-21)24(27)28-19-20-8-6-5-7-9-20/h5-9,11-14,23H,3-4,10,15-19H2,1-2H3. The summed E-state index contributed by atoms with van der Waals surface area (Å²) in [7, 11) is 2.19. The summed E-state index contributed by atoms with van der Waals surface area (Å²) in [5.41, 5.74) is 2.92. The number of likely N-dealkylation sites (N-methyl/N-ethyl adjacent to an activating group) is 1. The number of nitrogens with zero attached hydrogens (tertiary/aromatic N) is 2. The molecule has 1 unspecified atom stereocenters. The van der Waals surface area contributed by atoms with Gasteiger partial charge in [0.05, 0.1) is 5.56 Å². The number of hydrogen-bond acceptors (Lipinski definition) is 4. The van der Waals surface area contributed by atoms with E-state index in [9.17, 15) is 4.79 Å². The summed E-state index contributed by atoms with van der Waals surface area (Å²) >= 11 is 0. The maximum Gasteiger partial charge on any atom is 0.338 e. The first-order valence-electron chi connectivity index (χ1n) is 10.4. The largest absolute Gasteiger partial charge is 0.457 e. The number of ether oxygens (including phenoxy) is 1. The second-order valence-corrected chi connectivity index (χ2v) is 7.68. The first kappa shape index (κ1) is 20.6. The molecule has 4 nitrogen and oxygen atoms in total. The van der Waals surface area contributed by atoms with Crippen LogP contribution >= 0.6 is 0 Å². The third-order valence-electron chi connectivity index (χ3n) is 5.55. The molecule has 0 N–H and O–H groups in total. The number of benzene rings is 2. The highest BCUT2D eigenvalue weighted by atomic mass is 16.5. The second kappa shape index (κ2) is 10.4. The monoisotopic (exact) mass is 380 g/mol. The van der Waals surface area contributed by atoms with Crippen molar-refractivity contribution in [3.63, 3.8) is 0 Å². The van der Waals surface area contributed by atoms with Gasteiger partial charge in [-0.3, -0.25) is 4.90 Å². The van der Waals surface area contributed by atoms with E-state index < -0.39 is 0 Å². The molecular weight excluding hydrogens is 348 g/mol. The molecule has 2 aromatic rings. The van der Waals surface area contributed by atoms with Gasteiger partial charge in [-0.05, 0) is 36.7 Å². The number of hydrogen-bond donors (Lipinski definition) is 0. The topological polar surface area (TPSA) is 32.8 Å². The SMILES string of the molecule is CCCCC(c1ccc(C(=O)OCc2ccccc2)cc1)N1CCN(C)CC1. The Morgan fingerprint density at radius 3 is 2.32 bits per heavy atom. The molecule has 0 aliphatic carbocycles. The second-order valence-electron chi connectivity index (χ2n) is 7.68. The number of carbonyl (C=O) groups is 1. The fraction of sp³-hybridized carbons (Fsp3) is 0.458. The van der Waals surface area contributed by atoms with Gasteiger partial charge in [0, 0.05) is 32.2 Å². The molecule has 1 atom stereocenters. The molecule has 2 aromatic carbocycles. The normalized spacial score (nSPS) is 16.6. The number of esters is 1. The number of rotatable bonds is 8. The van der Waals surface area contributed by atoms with Crippen LogP contribution in [-0.4, -0.2) is 49.0 Å². The lowest BCUT2D eigenvalue weighted by atomic mass is 9.97. The van der Waals surface area contributed by atoms with E-state index in [0.717, 1.165) is 38.2 Å². The summed E-state index contributed by atoms with van der Waals surface area (Å²) in [5, 5.41) is 0. The minimum atomic E-state index is -0.264. The van der Waals surface area contributed by atoms with Gasteiger partial charge in [0.1, 0.15) is 6.61 Å². The van der Waals surface area contributed by atoms with E-state index in [4.69, 9.17) is 4.74 Å². The van der Waals surface area contributed by atoms with Gasteiger partial charge in [0.15, 0.2) is 0 Å². The van der Waals surface area contributed by atoms with Crippen molar-refractivity contribution in [1.29, 1.82) is 0 Å². The molecule has 1 fully saturated rings. The van der Waals surface area contributed by atoms with Gasteiger partial charge in [0.2, 0.25) is 0 Å². The van der Waals surface area contributed by atoms with Crippen LogP contribution in [0.1, 0.15) is 53.7 Å². The van der Waals surface area contributed by atoms with Gasteiger partial charge in [-0.15, -0.1) is 0 Å². The Hall–Kier alpha value is -2.17. The summed E-state index contributed by atoms with van der Waals surface area (Å²) in [6.07, 6.45) is 3.59. The lowest BCUT2D eigenvalue weighted by molar-refractivity contribution is 0.0472. The van der Waals surface area contributed by atoms with Crippen LogP contribution < -0.4 is 0 Å². The van der Waals surface area contributed by atoms with Gasteiger partial charge >= 0.3 is 5.97 Å². The number of piperazine rings is 1. The Kier molecular flexibility index (Phi) is 7.63. The average Bonchev–Trinajstić information content (AvgIpc) is 2.74. The van der Waals surface area contributed by atoms with Crippen molar-refractivity contribution in [2.45, 2.75) is 38.8 Å². The van der Waals surface area contributed by atoms with E-state index >= 15 is 0 Å². The predicted molar refractivity (Wildman–Crippen MR) is 113 cm³/mol. The smallest absolute Gasteiger partial charge is 0.338 e. The van der Waals surface area contributed by atoms with E-state index in [1.807, 2.05) is 42.5 Å². The Labute approximate surface area is 169 Å². The van der Waals surface area contributed by atoms with Crippen molar-refractivity contribution in [1.82, 2.24) is 9.80 Å². The summed E-state index contributed by atoms with van der Waals surface area (Å²) in [5.74, 6) is -0.264. The van der Waals surface area contributed by atoms with Crippen LogP contribution in [0.4, 0.5) is 0 Å². The zero-order valence-corrected chi connectivity index (χ0v) is 17.1. The first-order chi connectivity index (χ1) is 13.7. The fourth-order valence-corrected chi connectivity index (χ4v) is 3.74. The maximum atomic E-state index is 12.4. The molecule has 3 rings (SSSR count). The Balaban J connectivity index is 1.63. The van der Waals surface area contributed by atoms with Crippen molar-refractivity contribution in [2.75, 3.05) is 33.2 Å². The van der Waals surface area contributed by atoms with Crippen molar-refractivity contribution in [3.05, 3.63) is 71.3 Å². The van der Waals surface area contributed by atoms with Crippen molar-refractivity contribution in [3.8, 4) is 0 Å². The average molecular weight is 381 g/mol. The molecule has 150 valence electrons. The molecule has 0 saturated carbocycles. The Bertz CT molecular complexity index is 722. The van der Waals surface area contributed by atoms with Crippen LogP contribution in [0.5, 0.6) is 0 Å². The summed E-state index contributed by atoms with van der Waals surface area (Å²) in [6.45, 7) is 6.99. The van der Waals surface area contributed by atoms with Crippen molar-refractivity contribution < 1.29 is 9.53 Å². The highest BCUT2D eigenvalue weighted by Gasteiger charge is 2.23. The van der Waals surface area contributed by atoms with Crippen LogP contribution in [0, 0.1) is 0 Å². The lowest BCUT2D eigenvalue weighted by Gasteiger charge is -2.38. The molecule has 1 aliphatic rings. The molecule has 1 aliphatic heterocycles. The lowest BCUT2D eigenvalue weighted by Crippen LogP contribution is -2.45. The number of unbranched alkanes of at least 4 members (excludes halogenated alkanes) is 1. The van der Waals surface area contributed by atoms with Crippen LogP contribution in [-0.2, 0) is 11.3 Å². The minimum absolute atomic E-state index is 0.264. The molecule has 1 saturated heterocycles. The van der Waals surface area contributed by atoms with Gasteiger partial charge in [0.25, 0.3) is 0 Å². The molecule has 1 heterocycles. The van der Waals surface area contributed by atoms with Gasteiger partial charge in [-0.2, -0.15) is 0 Å². The molecule has 0 bridgehead atoms. The molecule has 0 amide bonds. The van der Waals surface area contributed by atoms with E-state index in [1.165, 1.54) is 18.4 Å². The molecule has 0 aromatic heterocycles. The molecule has 4 heteroatoms. The zero-order valence-electron chi connectivity index (χ0n) is 17.1. The van der Waals surface area contributed by atoms with Gasteiger partial charge < -0.3 is 9.64 Å². The molecule has 0 spiro atoms. The minimum Gasteiger partial charge on any atom is -0.457 e. The van der Waals surface area contributed by atoms with Crippen molar-refractivity contribution in [2.24, 2.45) is 0 Å². The zero-order chi connectivity index (χ0) is 19.8. The van der Waals surface area contributed by atoms with Crippen LogP contribution in [0.3, 0.4) is 0 Å². The fourth-order valence-electron chi connectivity index (χ4n) is 3.74. The Morgan fingerprint density at radius 1 is 1.00 bits per heavy atom. The highest BCUT2D eigenvalue weighted by molar-refractivity contribution is 5.89. The summed E-state index contributed by atoms with van der Waals surface area (Å²) < 4.78 is 5.45. The van der Waals surface area contributed by atoms with E-state index in [2.05, 4.69) is 35.9 Å². The van der Waals surface area contributed by atoms with Crippen LogP contribution in [0.15, 0.2) is 54.6 Å². The van der Waals surface area contributed by atoms with Gasteiger partial charge in [-0.25, -0.2) is 4.79 Å². The predicted octanol–water partition coefficient (Wildman–Crippen LogP) is 4.52. The molecule has 0 radical (unpaired) electrons. The third-order valence-corrected chi connectivity index (χ3v) is 5.55. The van der Waals surface area contributed by atoms with Gasteiger partial charge in [-0.1, -0.05) is 62.2 Å². The summed E-state index contributed by atoms with van der Waals surface area (Å²) in [6, 6.07) is 18.3. The molecular formula is C24H32N2O2. The highest BCUT2D eigenvalue weighted by Crippen LogP contribution is 2.28. The van der Waals surface area contributed by atoms with E-state index in [0.29, 0.717) is 18.2 Å². The van der Waals surface area contributed by atoms with Crippen LogP contribution in [0.25, 0.3) is 0 Å². The molecule has 28 heavy (non-hydrogen) atoms. The maximum absolute atomic E-state index is 12.4. The Morgan fingerprint density at radius 2 is 1.68 bits per heavy atom. The van der Waals surface area contributed by atoms with E-state index in [1.54, 1.807) is 0 Å². The first-order valence-corrected chi connectivity index (χ1v) is 10.4. The summed E-state index contributed by atoms with van der Waals surface area (Å²) in [4.78, 5) is 17.4.